The SMILES string of the molecule is COc1cc(/C=C/C(=O)c2c(O)ccc3ccc(=O)oc23)ccc1O. The molecule has 2 N–H and O–H groups in total. The molecule has 0 saturated heterocycles. The van der Waals surface area contributed by atoms with Gasteiger partial charge in [-0.1, -0.05) is 12.1 Å². The normalized spacial score (nSPS) is 11.1. The van der Waals surface area contributed by atoms with E-state index in [2.05, 4.69) is 0 Å². The van der Waals surface area contributed by atoms with E-state index < -0.39 is 11.4 Å². The number of allylic oxidation sites excluding steroid dienone is 1. The maximum atomic E-state index is 12.5. The van der Waals surface area contributed by atoms with Gasteiger partial charge < -0.3 is 19.4 Å². The van der Waals surface area contributed by atoms with E-state index in [0.29, 0.717) is 10.9 Å². The van der Waals surface area contributed by atoms with Gasteiger partial charge in [0.25, 0.3) is 0 Å². The van der Waals surface area contributed by atoms with E-state index in [4.69, 9.17) is 9.15 Å². The molecule has 3 aromatic rings. The fraction of sp³-hybridized carbons (Fsp3) is 0.0526. The first-order valence-corrected chi connectivity index (χ1v) is 7.35. The van der Waals surface area contributed by atoms with E-state index in [1.54, 1.807) is 18.2 Å². The lowest BCUT2D eigenvalue weighted by atomic mass is 10.0. The minimum atomic E-state index is -0.612. The number of phenolic OH excluding ortho intramolecular Hbond substituents is 2. The van der Waals surface area contributed by atoms with Gasteiger partial charge in [-0.15, -0.1) is 0 Å². The molecule has 0 spiro atoms. The van der Waals surface area contributed by atoms with Gasteiger partial charge in [-0.05, 0) is 42.0 Å². The second kappa shape index (κ2) is 6.52. The van der Waals surface area contributed by atoms with Gasteiger partial charge in [-0.25, -0.2) is 4.79 Å². The van der Waals surface area contributed by atoms with Crippen LogP contribution >= 0.6 is 0 Å². The zero-order chi connectivity index (χ0) is 18.0. The lowest BCUT2D eigenvalue weighted by molar-refractivity contribution is 0.104. The first-order chi connectivity index (χ1) is 12.0. The predicted molar refractivity (Wildman–Crippen MR) is 92.2 cm³/mol. The third-order valence-electron chi connectivity index (χ3n) is 3.65. The molecule has 25 heavy (non-hydrogen) atoms. The highest BCUT2D eigenvalue weighted by molar-refractivity contribution is 6.15. The highest BCUT2D eigenvalue weighted by Gasteiger charge is 2.15. The first-order valence-electron chi connectivity index (χ1n) is 7.35. The number of fused-ring (bicyclic) bond motifs is 1. The molecule has 1 aromatic heterocycles. The van der Waals surface area contributed by atoms with Gasteiger partial charge in [0.1, 0.15) is 11.3 Å². The number of methoxy groups -OCH3 is 1. The molecule has 2 aromatic carbocycles. The van der Waals surface area contributed by atoms with Crippen molar-refractivity contribution in [3.63, 3.8) is 0 Å². The van der Waals surface area contributed by atoms with Crippen molar-refractivity contribution in [3.8, 4) is 17.2 Å². The number of carbonyl (C=O) groups excluding carboxylic acids is 1. The van der Waals surface area contributed by atoms with Crippen LogP contribution in [0.25, 0.3) is 17.0 Å². The van der Waals surface area contributed by atoms with Crippen LogP contribution in [0.1, 0.15) is 15.9 Å². The molecule has 0 fully saturated rings. The van der Waals surface area contributed by atoms with E-state index in [-0.39, 0.29) is 28.4 Å². The summed E-state index contributed by atoms with van der Waals surface area (Å²) in [5.41, 5.74) is -0.0498. The standard InChI is InChI=1S/C19H14O6/c1-24-16-10-11(2-6-13(16)20)3-7-14(21)18-15(22)8-4-12-5-9-17(23)25-19(12)18/h2-10,20,22H,1H3/b7-3+. The van der Waals surface area contributed by atoms with Crippen molar-refractivity contribution < 1.29 is 24.2 Å². The fourth-order valence-electron chi connectivity index (χ4n) is 2.41. The Morgan fingerprint density at radius 1 is 1.08 bits per heavy atom. The largest absolute Gasteiger partial charge is 0.507 e. The van der Waals surface area contributed by atoms with Crippen molar-refractivity contribution in [1.82, 2.24) is 0 Å². The van der Waals surface area contributed by atoms with Gasteiger partial charge >= 0.3 is 5.63 Å². The summed E-state index contributed by atoms with van der Waals surface area (Å²) in [6.45, 7) is 0. The van der Waals surface area contributed by atoms with E-state index in [9.17, 15) is 19.8 Å². The first kappa shape index (κ1) is 16.3. The Bertz CT molecular complexity index is 1050. The maximum Gasteiger partial charge on any atom is 0.336 e. The van der Waals surface area contributed by atoms with Crippen LogP contribution in [-0.2, 0) is 0 Å². The summed E-state index contributed by atoms with van der Waals surface area (Å²) in [5.74, 6) is -0.544. The second-order valence-corrected chi connectivity index (χ2v) is 5.26. The highest BCUT2D eigenvalue weighted by atomic mass is 16.5. The number of hydrogen-bond donors (Lipinski definition) is 2. The molecule has 0 amide bonds. The minimum absolute atomic E-state index is 0.0144. The number of ketones is 1. The fourth-order valence-corrected chi connectivity index (χ4v) is 2.41. The maximum absolute atomic E-state index is 12.5. The van der Waals surface area contributed by atoms with Crippen molar-refractivity contribution >= 4 is 22.8 Å². The van der Waals surface area contributed by atoms with Crippen LogP contribution in [0.2, 0.25) is 0 Å². The molecule has 0 radical (unpaired) electrons. The van der Waals surface area contributed by atoms with Crippen LogP contribution in [-0.4, -0.2) is 23.1 Å². The number of carbonyl (C=O) groups is 1. The quantitative estimate of drug-likeness (QED) is 0.431. The third kappa shape index (κ3) is 3.23. The molecule has 6 heteroatoms. The van der Waals surface area contributed by atoms with Gasteiger partial charge in [-0.3, -0.25) is 4.79 Å². The molecule has 0 aliphatic carbocycles. The highest BCUT2D eigenvalue weighted by Crippen LogP contribution is 2.29. The van der Waals surface area contributed by atoms with E-state index in [1.807, 2.05) is 0 Å². The summed E-state index contributed by atoms with van der Waals surface area (Å²) in [6.07, 6.45) is 2.75. The lowest BCUT2D eigenvalue weighted by Crippen LogP contribution is -2.01. The lowest BCUT2D eigenvalue weighted by Gasteiger charge is -2.05. The minimum Gasteiger partial charge on any atom is -0.507 e. The molecule has 126 valence electrons. The Morgan fingerprint density at radius 2 is 1.80 bits per heavy atom. The third-order valence-corrected chi connectivity index (χ3v) is 3.65. The number of benzene rings is 2. The molecular formula is C19H14O6. The summed E-state index contributed by atoms with van der Waals surface area (Å²) in [5, 5.41) is 20.1. The summed E-state index contributed by atoms with van der Waals surface area (Å²) >= 11 is 0. The summed E-state index contributed by atoms with van der Waals surface area (Å²) in [6, 6.07) is 10.3. The smallest absolute Gasteiger partial charge is 0.336 e. The number of aromatic hydroxyl groups is 2. The van der Waals surface area contributed by atoms with Gasteiger partial charge in [0, 0.05) is 11.5 Å². The van der Waals surface area contributed by atoms with Crippen LogP contribution in [0.3, 0.4) is 0 Å². The molecule has 3 rings (SSSR count). The molecule has 0 saturated carbocycles. The average molecular weight is 338 g/mol. The summed E-state index contributed by atoms with van der Waals surface area (Å²) in [7, 11) is 1.42. The van der Waals surface area contributed by atoms with E-state index >= 15 is 0 Å². The monoisotopic (exact) mass is 338 g/mol. The Kier molecular flexibility index (Phi) is 4.26. The zero-order valence-corrected chi connectivity index (χ0v) is 13.2. The van der Waals surface area contributed by atoms with Crippen LogP contribution < -0.4 is 10.4 Å². The zero-order valence-electron chi connectivity index (χ0n) is 13.2. The van der Waals surface area contributed by atoms with Gasteiger partial charge in [0.05, 0.1) is 7.11 Å². The average Bonchev–Trinajstić information content (AvgIpc) is 2.60. The van der Waals surface area contributed by atoms with Gasteiger partial charge in [0.15, 0.2) is 22.9 Å². The summed E-state index contributed by atoms with van der Waals surface area (Å²) < 4.78 is 10.1. The molecule has 6 nitrogen and oxygen atoms in total. The Hall–Kier alpha value is -3.54. The Labute approximate surface area is 142 Å². The van der Waals surface area contributed by atoms with Crippen molar-refractivity contribution in [1.29, 1.82) is 0 Å². The van der Waals surface area contributed by atoms with Crippen LogP contribution in [0.5, 0.6) is 17.2 Å². The number of ether oxygens (including phenoxy) is 1. The van der Waals surface area contributed by atoms with Crippen LogP contribution in [0.15, 0.2) is 57.8 Å². The van der Waals surface area contributed by atoms with E-state index in [1.165, 1.54) is 43.5 Å². The van der Waals surface area contributed by atoms with Crippen molar-refractivity contribution in [2.45, 2.75) is 0 Å². The van der Waals surface area contributed by atoms with E-state index in [0.717, 1.165) is 0 Å². The Morgan fingerprint density at radius 3 is 2.56 bits per heavy atom. The Balaban J connectivity index is 2.01. The van der Waals surface area contributed by atoms with Gasteiger partial charge in [-0.2, -0.15) is 0 Å². The number of rotatable bonds is 4. The predicted octanol–water partition coefficient (Wildman–Crippen LogP) is 3.11. The number of phenols is 2. The molecule has 0 bridgehead atoms. The van der Waals surface area contributed by atoms with Crippen molar-refractivity contribution in [2.24, 2.45) is 0 Å². The van der Waals surface area contributed by atoms with Gasteiger partial charge in [0.2, 0.25) is 0 Å². The molecular weight excluding hydrogens is 324 g/mol. The topological polar surface area (TPSA) is 97.0 Å². The van der Waals surface area contributed by atoms with Crippen molar-refractivity contribution in [3.05, 3.63) is 70.1 Å². The molecule has 0 aliphatic rings. The molecule has 0 unspecified atom stereocenters. The van der Waals surface area contributed by atoms with Crippen LogP contribution in [0, 0.1) is 0 Å². The molecule has 0 atom stereocenters. The van der Waals surface area contributed by atoms with Crippen LogP contribution in [0.4, 0.5) is 0 Å². The summed E-state index contributed by atoms with van der Waals surface area (Å²) in [4.78, 5) is 23.9. The molecule has 0 aliphatic heterocycles. The molecule has 1 heterocycles. The number of hydrogen-bond acceptors (Lipinski definition) is 6. The van der Waals surface area contributed by atoms with Crippen molar-refractivity contribution in [2.75, 3.05) is 7.11 Å². The second-order valence-electron chi connectivity index (χ2n) is 5.26.